The average molecular weight is 266 g/mol. The summed E-state index contributed by atoms with van der Waals surface area (Å²) in [7, 11) is -2.40. The van der Waals surface area contributed by atoms with Crippen LogP contribution in [0.15, 0.2) is 0 Å². The van der Waals surface area contributed by atoms with Crippen molar-refractivity contribution in [3.8, 4) is 0 Å². The second kappa shape index (κ2) is 9.47. The molecule has 0 radical (unpaired) electrons. The van der Waals surface area contributed by atoms with Crippen molar-refractivity contribution in [3.05, 3.63) is 0 Å². The topological polar surface area (TPSA) is 27.7 Å². The van der Waals surface area contributed by atoms with E-state index in [1.54, 1.807) is 0 Å². The van der Waals surface area contributed by atoms with E-state index in [2.05, 4.69) is 19.6 Å². The van der Waals surface area contributed by atoms with Gasteiger partial charge < -0.3 is 13.3 Å². The molecule has 0 aliphatic heterocycles. The summed E-state index contributed by atoms with van der Waals surface area (Å²) in [5.41, 5.74) is 0. The van der Waals surface area contributed by atoms with E-state index in [0.29, 0.717) is 25.1 Å². The first-order valence-electron chi connectivity index (χ1n) is 6.20. The Labute approximate surface area is 107 Å². The average Bonchev–Trinajstić information content (AvgIpc) is 2.18. The molecule has 1 atom stereocenters. The Kier molecular flexibility index (Phi) is 9.74. The molecule has 0 aromatic carbocycles. The first-order valence-corrected chi connectivity index (χ1v) is 8.65. The Hall–Kier alpha value is 0.447. The Bertz CT molecular complexity index is 150. The minimum atomic E-state index is -2.40. The lowest BCUT2D eigenvalue weighted by atomic mass is 10.3. The Morgan fingerprint density at radius 1 is 1.00 bits per heavy atom. The SMILES string of the molecule is CCO[Si](CCCC(C)S)(OCC)OCC. The van der Waals surface area contributed by atoms with Crippen molar-refractivity contribution < 1.29 is 13.3 Å². The second-order valence-corrected chi connectivity index (χ2v) is 7.34. The molecule has 0 aliphatic rings. The molecule has 0 aliphatic carbocycles. The zero-order valence-electron chi connectivity index (χ0n) is 11.0. The van der Waals surface area contributed by atoms with E-state index in [4.69, 9.17) is 13.3 Å². The summed E-state index contributed by atoms with van der Waals surface area (Å²) in [4.78, 5) is 0. The third kappa shape index (κ3) is 6.91. The van der Waals surface area contributed by atoms with Gasteiger partial charge in [-0.05, 0) is 38.9 Å². The van der Waals surface area contributed by atoms with Gasteiger partial charge in [-0.15, -0.1) is 0 Å². The minimum Gasteiger partial charge on any atom is -0.374 e. The van der Waals surface area contributed by atoms with E-state index >= 15 is 0 Å². The monoisotopic (exact) mass is 266 g/mol. The molecule has 0 heterocycles. The van der Waals surface area contributed by atoms with Gasteiger partial charge in [-0.25, -0.2) is 0 Å². The number of hydrogen-bond acceptors (Lipinski definition) is 4. The van der Waals surface area contributed by atoms with Crippen molar-refractivity contribution in [3.63, 3.8) is 0 Å². The molecule has 0 N–H and O–H groups in total. The minimum absolute atomic E-state index is 0.427. The molecular formula is C11H26O3SSi. The third-order valence-corrected chi connectivity index (χ3v) is 5.61. The van der Waals surface area contributed by atoms with E-state index in [1.165, 1.54) is 0 Å². The van der Waals surface area contributed by atoms with Crippen LogP contribution >= 0.6 is 12.6 Å². The van der Waals surface area contributed by atoms with Crippen molar-refractivity contribution in [1.29, 1.82) is 0 Å². The molecule has 0 saturated carbocycles. The zero-order valence-corrected chi connectivity index (χ0v) is 12.9. The number of rotatable bonds is 10. The Morgan fingerprint density at radius 3 is 1.75 bits per heavy atom. The molecule has 16 heavy (non-hydrogen) atoms. The first-order chi connectivity index (χ1) is 7.60. The van der Waals surface area contributed by atoms with Gasteiger partial charge in [0.2, 0.25) is 0 Å². The summed E-state index contributed by atoms with van der Waals surface area (Å²) >= 11 is 4.38. The van der Waals surface area contributed by atoms with Crippen LogP contribution < -0.4 is 0 Å². The van der Waals surface area contributed by atoms with Gasteiger partial charge in [0.05, 0.1) is 0 Å². The van der Waals surface area contributed by atoms with Crippen LogP contribution in [-0.2, 0) is 13.3 Å². The van der Waals surface area contributed by atoms with Crippen molar-refractivity contribution in [2.45, 2.75) is 51.8 Å². The fraction of sp³-hybridized carbons (Fsp3) is 1.00. The standard InChI is InChI=1S/C11H26O3SSi/c1-5-12-16(13-6-2,14-7-3)10-8-9-11(4)15/h11,15H,5-10H2,1-4H3. The van der Waals surface area contributed by atoms with E-state index in [9.17, 15) is 0 Å². The molecule has 1 unspecified atom stereocenters. The maximum atomic E-state index is 5.76. The van der Waals surface area contributed by atoms with Crippen LogP contribution in [0, 0.1) is 0 Å². The molecule has 0 amide bonds. The van der Waals surface area contributed by atoms with E-state index in [-0.39, 0.29) is 0 Å². The first kappa shape index (κ1) is 16.4. The van der Waals surface area contributed by atoms with Crippen LogP contribution in [0.4, 0.5) is 0 Å². The van der Waals surface area contributed by atoms with Gasteiger partial charge in [-0.3, -0.25) is 0 Å². The largest absolute Gasteiger partial charge is 0.500 e. The molecule has 98 valence electrons. The summed E-state index contributed by atoms with van der Waals surface area (Å²) in [5.74, 6) is 0. The molecule has 5 heteroatoms. The molecule has 0 saturated heterocycles. The van der Waals surface area contributed by atoms with E-state index < -0.39 is 8.80 Å². The third-order valence-electron chi connectivity index (χ3n) is 2.20. The lowest BCUT2D eigenvalue weighted by molar-refractivity contribution is 0.0707. The number of hydrogen-bond donors (Lipinski definition) is 1. The molecule has 0 spiro atoms. The normalized spacial score (nSPS) is 14.1. The molecule has 3 nitrogen and oxygen atoms in total. The quantitative estimate of drug-likeness (QED) is 0.486. The van der Waals surface area contributed by atoms with Crippen LogP contribution in [0.2, 0.25) is 6.04 Å². The summed E-state index contributed by atoms with van der Waals surface area (Å²) in [6.07, 6.45) is 2.13. The van der Waals surface area contributed by atoms with Crippen molar-refractivity contribution in [2.24, 2.45) is 0 Å². The van der Waals surface area contributed by atoms with Gasteiger partial charge in [0.1, 0.15) is 0 Å². The van der Waals surface area contributed by atoms with Gasteiger partial charge >= 0.3 is 8.80 Å². The highest BCUT2D eigenvalue weighted by molar-refractivity contribution is 7.80. The lowest BCUT2D eigenvalue weighted by Gasteiger charge is -2.28. The van der Waals surface area contributed by atoms with Gasteiger partial charge in [0.25, 0.3) is 0 Å². The molecule has 0 fully saturated rings. The Balaban J connectivity index is 4.23. The molecular weight excluding hydrogens is 240 g/mol. The highest BCUT2D eigenvalue weighted by Gasteiger charge is 2.39. The maximum Gasteiger partial charge on any atom is 0.500 e. The van der Waals surface area contributed by atoms with Crippen LogP contribution in [0.3, 0.4) is 0 Å². The fourth-order valence-electron chi connectivity index (χ4n) is 1.62. The molecule has 0 rings (SSSR count). The lowest BCUT2D eigenvalue weighted by Crippen LogP contribution is -2.45. The highest BCUT2D eigenvalue weighted by Crippen LogP contribution is 2.20. The van der Waals surface area contributed by atoms with Crippen LogP contribution in [-0.4, -0.2) is 33.9 Å². The van der Waals surface area contributed by atoms with Crippen LogP contribution in [0.5, 0.6) is 0 Å². The van der Waals surface area contributed by atoms with Crippen molar-refractivity contribution >= 4 is 21.4 Å². The summed E-state index contributed by atoms with van der Waals surface area (Å²) in [6.45, 7) is 10.0. The fourth-order valence-corrected chi connectivity index (χ4v) is 4.44. The van der Waals surface area contributed by atoms with Crippen LogP contribution in [0.25, 0.3) is 0 Å². The highest BCUT2D eigenvalue weighted by atomic mass is 32.1. The van der Waals surface area contributed by atoms with Crippen molar-refractivity contribution in [1.82, 2.24) is 0 Å². The van der Waals surface area contributed by atoms with Gasteiger partial charge in [0, 0.05) is 25.9 Å². The smallest absolute Gasteiger partial charge is 0.374 e. The summed E-state index contributed by atoms with van der Waals surface area (Å²) in [6, 6.07) is 0.896. The van der Waals surface area contributed by atoms with Crippen molar-refractivity contribution in [2.75, 3.05) is 19.8 Å². The molecule has 0 aromatic rings. The second-order valence-electron chi connectivity index (χ2n) is 3.72. The Morgan fingerprint density at radius 2 is 1.44 bits per heavy atom. The van der Waals surface area contributed by atoms with Gasteiger partial charge in [-0.2, -0.15) is 12.6 Å². The summed E-state index contributed by atoms with van der Waals surface area (Å²) in [5, 5.41) is 0.427. The maximum absolute atomic E-state index is 5.76. The predicted molar refractivity (Wildman–Crippen MR) is 73.1 cm³/mol. The van der Waals surface area contributed by atoms with Gasteiger partial charge in [-0.1, -0.05) is 6.92 Å². The summed E-state index contributed by atoms with van der Waals surface area (Å²) < 4.78 is 17.3. The van der Waals surface area contributed by atoms with E-state index in [0.717, 1.165) is 18.9 Å². The number of thiol groups is 1. The van der Waals surface area contributed by atoms with E-state index in [1.807, 2.05) is 20.8 Å². The molecule has 0 aromatic heterocycles. The van der Waals surface area contributed by atoms with Crippen LogP contribution in [0.1, 0.15) is 40.5 Å². The zero-order chi connectivity index (χ0) is 12.4. The van der Waals surface area contributed by atoms with Gasteiger partial charge in [0.15, 0.2) is 0 Å². The predicted octanol–water partition coefficient (Wildman–Crippen LogP) is 3.13. The molecule has 0 bridgehead atoms.